The second-order valence-corrected chi connectivity index (χ2v) is 5.90. The highest BCUT2D eigenvalue weighted by molar-refractivity contribution is 4.79. The third kappa shape index (κ3) is 5.97. The predicted molar refractivity (Wildman–Crippen MR) is 71.7 cm³/mol. The van der Waals surface area contributed by atoms with Gasteiger partial charge in [0.1, 0.15) is 0 Å². The Bertz CT molecular complexity index is 272. The summed E-state index contributed by atoms with van der Waals surface area (Å²) in [5.74, 6) is 0. The summed E-state index contributed by atoms with van der Waals surface area (Å²) in [6.45, 7) is 2.10. The molecule has 0 aromatic rings. The highest BCUT2D eigenvalue weighted by atomic mass is 19.4. The van der Waals surface area contributed by atoms with E-state index in [0.717, 1.165) is 38.8 Å². The van der Waals surface area contributed by atoms with Gasteiger partial charge >= 0.3 is 6.18 Å². The van der Waals surface area contributed by atoms with Gasteiger partial charge in [0.25, 0.3) is 0 Å². The molecule has 118 valence electrons. The Balaban J connectivity index is 1.55. The number of ether oxygens (including phenoxy) is 1. The molecule has 3 nitrogen and oxygen atoms in total. The average molecular weight is 294 g/mol. The molecule has 0 saturated carbocycles. The van der Waals surface area contributed by atoms with Crippen LogP contribution in [0, 0.1) is 0 Å². The van der Waals surface area contributed by atoms with Gasteiger partial charge in [-0.15, -0.1) is 0 Å². The van der Waals surface area contributed by atoms with Gasteiger partial charge in [-0.3, -0.25) is 4.90 Å². The van der Waals surface area contributed by atoms with Gasteiger partial charge in [-0.05, 0) is 58.2 Å². The minimum absolute atomic E-state index is 0.364. The predicted octanol–water partition coefficient (Wildman–Crippen LogP) is 2.56. The molecule has 0 aromatic heterocycles. The van der Waals surface area contributed by atoms with E-state index >= 15 is 0 Å². The minimum Gasteiger partial charge on any atom is -0.378 e. The fourth-order valence-electron chi connectivity index (χ4n) is 3.03. The summed E-state index contributed by atoms with van der Waals surface area (Å²) in [5, 5.41) is 3.46. The number of piperidine rings is 1. The van der Waals surface area contributed by atoms with E-state index in [1.54, 1.807) is 0 Å². The Labute approximate surface area is 118 Å². The van der Waals surface area contributed by atoms with E-state index in [1.165, 1.54) is 17.7 Å². The number of hydrogen-bond acceptors (Lipinski definition) is 3. The van der Waals surface area contributed by atoms with Crippen molar-refractivity contribution in [1.82, 2.24) is 10.2 Å². The first-order chi connectivity index (χ1) is 9.53. The lowest BCUT2D eigenvalue weighted by Crippen LogP contribution is -2.46. The zero-order valence-electron chi connectivity index (χ0n) is 11.9. The maximum atomic E-state index is 12.3. The van der Waals surface area contributed by atoms with Gasteiger partial charge in [0.2, 0.25) is 0 Å². The van der Waals surface area contributed by atoms with Crippen molar-refractivity contribution in [3.8, 4) is 0 Å². The van der Waals surface area contributed by atoms with Crippen LogP contribution in [0.4, 0.5) is 13.2 Å². The van der Waals surface area contributed by atoms with Crippen molar-refractivity contribution in [2.24, 2.45) is 0 Å². The van der Waals surface area contributed by atoms with E-state index in [1.807, 2.05) is 0 Å². The molecule has 0 spiro atoms. The largest absolute Gasteiger partial charge is 0.401 e. The lowest BCUT2D eigenvalue weighted by atomic mass is 10.0. The number of hydrogen-bond donors (Lipinski definition) is 1. The summed E-state index contributed by atoms with van der Waals surface area (Å²) in [7, 11) is 0. The number of nitrogens with one attached hydrogen (secondary N) is 1. The van der Waals surface area contributed by atoms with E-state index < -0.39 is 12.7 Å². The van der Waals surface area contributed by atoms with Crippen LogP contribution < -0.4 is 5.32 Å². The smallest absolute Gasteiger partial charge is 0.378 e. The van der Waals surface area contributed by atoms with Crippen LogP contribution in [0.25, 0.3) is 0 Å². The molecule has 2 aliphatic rings. The number of rotatable bonds is 5. The summed E-state index contributed by atoms with van der Waals surface area (Å²) < 4.78 is 42.5. The van der Waals surface area contributed by atoms with E-state index in [-0.39, 0.29) is 0 Å². The first kappa shape index (κ1) is 16.0. The second kappa shape index (κ2) is 7.61. The maximum absolute atomic E-state index is 12.3. The molecule has 2 heterocycles. The molecule has 0 amide bonds. The van der Waals surface area contributed by atoms with Crippen LogP contribution in [0.1, 0.15) is 38.5 Å². The molecule has 2 fully saturated rings. The van der Waals surface area contributed by atoms with Crippen LogP contribution in [0.2, 0.25) is 0 Å². The van der Waals surface area contributed by atoms with E-state index in [4.69, 9.17) is 4.74 Å². The molecular weight excluding hydrogens is 269 g/mol. The van der Waals surface area contributed by atoms with Crippen molar-refractivity contribution in [2.75, 3.05) is 32.8 Å². The molecule has 6 heteroatoms. The van der Waals surface area contributed by atoms with Crippen molar-refractivity contribution in [3.63, 3.8) is 0 Å². The van der Waals surface area contributed by atoms with E-state index in [9.17, 15) is 13.2 Å². The topological polar surface area (TPSA) is 24.5 Å². The van der Waals surface area contributed by atoms with Gasteiger partial charge in [0.15, 0.2) is 0 Å². The molecule has 2 rings (SSSR count). The molecule has 0 aliphatic carbocycles. The fourth-order valence-corrected chi connectivity index (χ4v) is 3.03. The zero-order valence-corrected chi connectivity index (χ0v) is 11.9. The Morgan fingerprint density at radius 3 is 2.45 bits per heavy atom. The van der Waals surface area contributed by atoms with Gasteiger partial charge in [-0.25, -0.2) is 0 Å². The molecule has 20 heavy (non-hydrogen) atoms. The van der Waals surface area contributed by atoms with Crippen LogP contribution in [0.3, 0.4) is 0 Å². The van der Waals surface area contributed by atoms with E-state index in [0.29, 0.717) is 25.2 Å². The fraction of sp³-hybridized carbons (Fsp3) is 1.00. The maximum Gasteiger partial charge on any atom is 0.401 e. The van der Waals surface area contributed by atoms with E-state index in [2.05, 4.69) is 5.32 Å². The standard InChI is InChI=1S/C14H25F3N2O/c15-14(16,17)11-19-8-5-12(6-9-19)18-7-4-13-3-1-2-10-20-13/h12-13,18H,1-11H2. The molecule has 1 unspecified atom stereocenters. The Morgan fingerprint density at radius 2 is 1.85 bits per heavy atom. The molecule has 0 bridgehead atoms. The Hall–Kier alpha value is -0.330. The first-order valence-electron chi connectivity index (χ1n) is 7.67. The van der Waals surface area contributed by atoms with Gasteiger partial charge in [0.05, 0.1) is 12.6 Å². The third-order valence-electron chi connectivity index (χ3n) is 4.16. The highest BCUT2D eigenvalue weighted by Gasteiger charge is 2.32. The van der Waals surface area contributed by atoms with Gasteiger partial charge in [0, 0.05) is 12.6 Å². The molecular formula is C14H25F3N2O. The zero-order chi connectivity index (χ0) is 14.4. The molecule has 1 atom stereocenters. The second-order valence-electron chi connectivity index (χ2n) is 5.90. The Kier molecular flexibility index (Phi) is 6.11. The van der Waals surface area contributed by atoms with Crippen LogP contribution in [-0.2, 0) is 4.74 Å². The number of nitrogens with zero attached hydrogens (tertiary/aromatic N) is 1. The Morgan fingerprint density at radius 1 is 1.10 bits per heavy atom. The van der Waals surface area contributed by atoms with Crippen molar-refractivity contribution in [3.05, 3.63) is 0 Å². The number of alkyl halides is 3. The molecule has 0 aromatic carbocycles. The van der Waals surface area contributed by atoms with Crippen LogP contribution in [0.15, 0.2) is 0 Å². The molecule has 0 radical (unpaired) electrons. The van der Waals surface area contributed by atoms with Crippen LogP contribution in [-0.4, -0.2) is 56.0 Å². The summed E-state index contributed by atoms with van der Waals surface area (Å²) in [6.07, 6.45) is 2.50. The summed E-state index contributed by atoms with van der Waals surface area (Å²) in [5.41, 5.74) is 0. The third-order valence-corrected chi connectivity index (χ3v) is 4.16. The monoisotopic (exact) mass is 294 g/mol. The molecule has 2 saturated heterocycles. The molecule has 2 aliphatic heterocycles. The quantitative estimate of drug-likeness (QED) is 0.843. The van der Waals surface area contributed by atoms with Crippen LogP contribution >= 0.6 is 0 Å². The number of halogens is 3. The van der Waals surface area contributed by atoms with Gasteiger partial charge in [-0.1, -0.05) is 0 Å². The van der Waals surface area contributed by atoms with Crippen molar-refractivity contribution in [1.29, 1.82) is 0 Å². The van der Waals surface area contributed by atoms with Gasteiger partial charge < -0.3 is 10.1 Å². The van der Waals surface area contributed by atoms with Gasteiger partial charge in [-0.2, -0.15) is 13.2 Å². The van der Waals surface area contributed by atoms with Crippen molar-refractivity contribution < 1.29 is 17.9 Å². The lowest BCUT2D eigenvalue weighted by Gasteiger charge is -2.33. The average Bonchev–Trinajstić information content (AvgIpc) is 2.40. The minimum atomic E-state index is -4.07. The summed E-state index contributed by atoms with van der Waals surface area (Å²) in [6, 6.07) is 0.364. The van der Waals surface area contributed by atoms with Crippen molar-refractivity contribution >= 4 is 0 Å². The van der Waals surface area contributed by atoms with Crippen LogP contribution in [0.5, 0.6) is 0 Å². The summed E-state index contributed by atoms with van der Waals surface area (Å²) >= 11 is 0. The highest BCUT2D eigenvalue weighted by Crippen LogP contribution is 2.20. The SMILES string of the molecule is FC(F)(F)CN1CCC(NCCC2CCCCO2)CC1. The lowest BCUT2D eigenvalue weighted by molar-refractivity contribution is -0.148. The first-order valence-corrected chi connectivity index (χ1v) is 7.67. The summed E-state index contributed by atoms with van der Waals surface area (Å²) in [4.78, 5) is 1.50. The molecule has 1 N–H and O–H groups in total. The normalized spacial score (nSPS) is 26.9. The van der Waals surface area contributed by atoms with Crippen molar-refractivity contribution in [2.45, 2.75) is 56.8 Å². The number of likely N-dealkylation sites (tertiary alicyclic amines) is 1.